The minimum absolute atomic E-state index is 0.0496. The van der Waals surface area contributed by atoms with E-state index >= 15 is 0 Å². The number of carbonyl (C=O) groups is 2. The van der Waals surface area contributed by atoms with Crippen molar-refractivity contribution >= 4 is 28.9 Å². The van der Waals surface area contributed by atoms with Gasteiger partial charge in [0.25, 0.3) is 5.91 Å². The summed E-state index contributed by atoms with van der Waals surface area (Å²) in [4.78, 5) is 29.6. The Kier molecular flexibility index (Phi) is 4.24. The highest BCUT2D eigenvalue weighted by Crippen LogP contribution is 2.34. The normalized spacial score (nSPS) is 21.4. The summed E-state index contributed by atoms with van der Waals surface area (Å²) >= 11 is 1.77. The molecular formula is C15H20N4O2S. The van der Waals surface area contributed by atoms with Gasteiger partial charge in [0.2, 0.25) is 5.91 Å². The molecule has 1 aliphatic carbocycles. The zero-order chi connectivity index (χ0) is 15.7. The molecule has 0 saturated carbocycles. The Labute approximate surface area is 133 Å². The Balaban J connectivity index is 1.62. The molecule has 0 radical (unpaired) electrons. The van der Waals surface area contributed by atoms with Crippen molar-refractivity contribution in [2.24, 2.45) is 5.10 Å². The third kappa shape index (κ3) is 3.04. The molecule has 0 spiro atoms. The van der Waals surface area contributed by atoms with E-state index in [-0.39, 0.29) is 11.8 Å². The molecule has 3 rings (SSSR count). The van der Waals surface area contributed by atoms with Crippen molar-refractivity contribution in [3.63, 3.8) is 0 Å². The lowest BCUT2D eigenvalue weighted by atomic mass is 9.91. The number of rotatable bonds is 3. The van der Waals surface area contributed by atoms with Crippen LogP contribution in [-0.2, 0) is 16.0 Å². The van der Waals surface area contributed by atoms with Crippen LogP contribution in [0.25, 0.3) is 0 Å². The summed E-state index contributed by atoms with van der Waals surface area (Å²) in [5.41, 5.74) is 1.60. The number of thiazole rings is 1. The van der Waals surface area contributed by atoms with E-state index in [1.807, 2.05) is 6.92 Å². The standard InChI is InChI=1S/C15H20N4O2S/c1-9-17-14-10(4-3-5-12(14)22-9)8-16-15(21)11-6-7-13(20)19(2)18-11/h10H,3-8H2,1-2H3,(H,16,21)/t10-/m1/s1. The van der Waals surface area contributed by atoms with Gasteiger partial charge in [-0.25, -0.2) is 9.99 Å². The summed E-state index contributed by atoms with van der Waals surface area (Å²) in [6, 6.07) is 0. The van der Waals surface area contributed by atoms with Gasteiger partial charge in [0.1, 0.15) is 5.71 Å². The minimum Gasteiger partial charge on any atom is -0.350 e. The summed E-state index contributed by atoms with van der Waals surface area (Å²) in [6.07, 6.45) is 4.07. The number of nitrogens with zero attached hydrogens (tertiary/aromatic N) is 3. The summed E-state index contributed by atoms with van der Waals surface area (Å²) in [7, 11) is 1.58. The van der Waals surface area contributed by atoms with Gasteiger partial charge in [0, 0.05) is 37.2 Å². The van der Waals surface area contributed by atoms with Crippen LogP contribution < -0.4 is 5.32 Å². The maximum Gasteiger partial charge on any atom is 0.267 e. The molecule has 0 fully saturated rings. The van der Waals surface area contributed by atoms with E-state index < -0.39 is 0 Å². The Bertz CT molecular complexity index is 637. The van der Waals surface area contributed by atoms with E-state index in [4.69, 9.17) is 0 Å². The number of nitrogens with one attached hydrogen (secondary N) is 1. The van der Waals surface area contributed by atoms with Crippen molar-refractivity contribution < 1.29 is 9.59 Å². The van der Waals surface area contributed by atoms with Gasteiger partial charge in [0.15, 0.2) is 0 Å². The predicted octanol–water partition coefficient (Wildman–Crippen LogP) is 1.60. The van der Waals surface area contributed by atoms with Crippen LogP contribution in [0.2, 0.25) is 0 Å². The van der Waals surface area contributed by atoms with E-state index in [9.17, 15) is 9.59 Å². The molecule has 1 atom stereocenters. The molecule has 0 unspecified atom stereocenters. The fraction of sp³-hybridized carbons (Fsp3) is 0.600. The van der Waals surface area contributed by atoms with E-state index in [1.165, 1.54) is 9.89 Å². The zero-order valence-corrected chi connectivity index (χ0v) is 13.7. The number of amides is 2. The molecule has 0 saturated heterocycles. The Morgan fingerprint density at radius 1 is 1.41 bits per heavy atom. The first-order chi connectivity index (χ1) is 10.5. The highest BCUT2D eigenvalue weighted by Gasteiger charge is 2.26. The molecule has 1 aliphatic heterocycles. The third-order valence-electron chi connectivity index (χ3n) is 4.16. The first kappa shape index (κ1) is 15.1. The summed E-state index contributed by atoms with van der Waals surface area (Å²) in [5, 5.41) is 9.36. The van der Waals surface area contributed by atoms with Crippen molar-refractivity contribution in [2.75, 3.05) is 13.6 Å². The van der Waals surface area contributed by atoms with Gasteiger partial charge >= 0.3 is 0 Å². The van der Waals surface area contributed by atoms with Crippen LogP contribution in [0.3, 0.4) is 0 Å². The topological polar surface area (TPSA) is 74.7 Å². The number of fused-ring (bicyclic) bond motifs is 1. The predicted molar refractivity (Wildman–Crippen MR) is 85.0 cm³/mol. The van der Waals surface area contributed by atoms with Gasteiger partial charge in [-0.05, 0) is 26.2 Å². The fourth-order valence-corrected chi connectivity index (χ4v) is 4.04. The molecular weight excluding hydrogens is 300 g/mol. The lowest BCUT2D eigenvalue weighted by Gasteiger charge is -2.23. The van der Waals surface area contributed by atoms with Crippen molar-refractivity contribution in [2.45, 2.75) is 44.9 Å². The second-order valence-electron chi connectivity index (χ2n) is 5.80. The molecule has 2 heterocycles. The quantitative estimate of drug-likeness (QED) is 0.919. The number of hydrogen-bond donors (Lipinski definition) is 1. The average Bonchev–Trinajstić information content (AvgIpc) is 2.88. The van der Waals surface area contributed by atoms with Crippen LogP contribution in [0.15, 0.2) is 5.10 Å². The molecule has 1 aromatic heterocycles. The SMILES string of the molecule is Cc1nc2c(s1)CCC[C@@H]2CNC(=O)C1=NN(C)C(=O)CC1. The second kappa shape index (κ2) is 6.16. The highest BCUT2D eigenvalue weighted by molar-refractivity contribution is 7.11. The molecule has 2 amide bonds. The third-order valence-corrected chi connectivity index (χ3v) is 5.20. The van der Waals surface area contributed by atoms with Crippen molar-refractivity contribution in [3.8, 4) is 0 Å². The summed E-state index contributed by atoms with van der Waals surface area (Å²) in [5.74, 6) is 0.0750. The van der Waals surface area contributed by atoms with Crippen LogP contribution in [0.1, 0.15) is 47.2 Å². The van der Waals surface area contributed by atoms with E-state index in [0.717, 1.165) is 30.0 Å². The zero-order valence-electron chi connectivity index (χ0n) is 12.9. The summed E-state index contributed by atoms with van der Waals surface area (Å²) < 4.78 is 0. The number of hydrogen-bond acceptors (Lipinski definition) is 5. The maximum absolute atomic E-state index is 12.2. The van der Waals surface area contributed by atoms with E-state index in [2.05, 4.69) is 15.4 Å². The van der Waals surface area contributed by atoms with Crippen LogP contribution >= 0.6 is 11.3 Å². The van der Waals surface area contributed by atoms with Gasteiger partial charge in [0.05, 0.1) is 10.7 Å². The summed E-state index contributed by atoms with van der Waals surface area (Å²) in [6.45, 7) is 2.62. The smallest absolute Gasteiger partial charge is 0.267 e. The van der Waals surface area contributed by atoms with Gasteiger partial charge in [-0.2, -0.15) is 5.10 Å². The molecule has 118 valence electrons. The lowest BCUT2D eigenvalue weighted by molar-refractivity contribution is -0.130. The molecule has 22 heavy (non-hydrogen) atoms. The van der Waals surface area contributed by atoms with Crippen LogP contribution in [-0.4, -0.2) is 41.1 Å². The molecule has 1 aromatic rings. The van der Waals surface area contributed by atoms with Gasteiger partial charge < -0.3 is 5.32 Å². The number of carbonyl (C=O) groups excluding carboxylic acids is 2. The minimum atomic E-state index is -0.168. The van der Waals surface area contributed by atoms with Crippen LogP contribution in [0.5, 0.6) is 0 Å². The van der Waals surface area contributed by atoms with Crippen molar-refractivity contribution in [1.82, 2.24) is 15.3 Å². The molecule has 2 aliphatic rings. The molecule has 0 aromatic carbocycles. The average molecular weight is 320 g/mol. The molecule has 7 heteroatoms. The van der Waals surface area contributed by atoms with Crippen molar-refractivity contribution in [1.29, 1.82) is 0 Å². The number of aryl methyl sites for hydroxylation is 2. The Morgan fingerprint density at radius 2 is 2.23 bits per heavy atom. The number of hydrazone groups is 1. The fourth-order valence-electron chi connectivity index (χ4n) is 2.98. The molecule has 0 bridgehead atoms. The van der Waals surface area contributed by atoms with Gasteiger partial charge in [-0.1, -0.05) is 0 Å². The van der Waals surface area contributed by atoms with Crippen molar-refractivity contribution in [3.05, 3.63) is 15.6 Å². The van der Waals surface area contributed by atoms with Gasteiger partial charge in [-0.15, -0.1) is 11.3 Å². The Hall–Kier alpha value is -1.76. The van der Waals surface area contributed by atoms with E-state index in [0.29, 0.717) is 31.0 Å². The highest BCUT2D eigenvalue weighted by atomic mass is 32.1. The van der Waals surface area contributed by atoms with E-state index in [1.54, 1.807) is 18.4 Å². The second-order valence-corrected chi connectivity index (χ2v) is 7.09. The molecule has 1 N–H and O–H groups in total. The Morgan fingerprint density at radius 3 is 3.00 bits per heavy atom. The first-order valence-electron chi connectivity index (χ1n) is 7.63. The molecule has 6 nitrogen and oxygen atoms in total. The van der Waals surface area contributed by atoms with Crippen LogP contribution in [0, 0.1) is 6.92 Å². The van der Waals surface area contributed by atoms with Crippen LogP contribution in [0.4, 0.5) is 0 Å². The monoisotopic (exact) mass is 320 g/mol. The largest absolute Gasteiger partial charge is 0.350 e. The maximum atomic E-state index is 12.2. The lowest BCUT2D eigenvalue weighted by Crippen LogP contribution is -2.39. The van der Waals surface area contributed by atoms with Gasteiger partial charge in [-0.3, -0.25) is 9.59 Å². The first-order valence-corrected chi connectivity index (χ1v) is 8.44. The number of aromatic nitrogens is 1.